The topological polar surface area (TPSA) is 76.4 Å². The standard InChI is InChI=1S/C19H15Cl2NO4S/c1-10-7-12(5-6-14(10)20)27(24,25)22-11-8-13-18-16(23)3-2-4-17(18)26-19(13)15(21)9-11/h5-9,22H,2-4H2,1H3. The molecular formula is C19H15Cl2NO4S. The van der Waals surface area contributed by atoms with Crippen LogP contribution in [-0.2, 0) is 16.4 Å². The highest BCUT2D eigenvalue weighted by Gasteiger charge is 2.26. The number of carbonyl (C=O) groups is 1. The van der Waals surface area contributed by atoms with Crippen molar-refractivity contribution in [1.29, 1.82) is 0 Å². The Hall–Kier alpha value is -2.02. The molecule has 0 fully saturated rings. The summed E-state index contributed by atoms with van der Waals surface area (Å²) in [6, 6.07) is 7.53. The number of hydrogen-bond donors (Lipinski definition) is 1. The molecule has 8 heteroatoms. The highest BCUT2D eigenvalue weighted by Crippen LogP contribution is 2.38. The van der Waals surface area contributed by atoms with Gasteiger partial charge in [-0.15, -0.1) is 0 Å². The number of nitrogens with one attached hydrogen (secondary N) is 1. The summed E-state index contributed by atoms with van der Waals surface area (Å²) in [5.41, 5.74) is 1.83. The van der Waals surface area contributed by atoms with Gasteiger partial charge in [0.15, 0.2) is 11.4 Å². The molecular weight excluding hydrogens is 409 g/mol. The van der Waals surface area contributed by atoms with Gasteiger partial charge < -0.3 is 4.42 Å². The molecule has 27 heavy (non-hydrogen) atoms. The zero-order valence-corrected chi connectivity index (χ0v) is 16.6. The van der Waals surface area contributed by atoms with Crippen molar-refractivity contribution in [2.45, 2.75) is 31.1 Å². The highest BCUT2D eigenvalue weighted by molar-refractivity contribution is 7.92. The summed E-state index contributed by atoms with van der Waals surface area (Å²) in [6.07, 6.45) is 1.84. The van der Waals surface area contributed by atoms with Crippen molar-refractivity contribution >= 4 is 55.7 Å². The average molecular weight is 424 g/mol. The Morgan fingerprint density at radius 2 is 1.85 bits per heavy atom. The van der Waals surface area contributed by atoms with E-state index in [1.165, 1.54) is 24.3 Å². The molecule has 0 radical (unpaired) electrons. The lowest BCUT2D eigenvalue weighted by Crippen LogP contribution is -2.13. The zero-order chi connectivity index (χ0) is 19.3. The van der Waals surface area contributed by atoms with Gasteiger partial charge in [0.2, 0.25) is 0 Å². The van der Waals surface area contributed by atoms with Crippen LogP contribution in [0, 0.1) is 6.92 Å². The van der Waals surface area contributed by atoms with E-state index in [2.05, 4.69) is 4.72 Å². The van der Waals surface area contributed by atoms with Crippen LogP contribution < -0.4 is 4.72 Å². The maximum Gasteiger partial charge on any atom is 0.261 e. The minimum atomic E-state index is -3.84. The largest absolute Gasteiger partial charge is 0.459 e. The number of fused-ring (bicyclic) bond motifs is 3. The Morgan fingerprint density at radius 1 is 1.07 bits per heavy atom. The number of benzene rings is 2. The summed E-state index contributed by atoms with van der Waals surface area (Å²) in [5.74, 6) is 0.593. The van der Waals surface area contributed by atoms with E-state index in [0.717, 1.165) is 6.42 Å². The molecule has 2 aromatic carbocycles. The summed E-state index contributed by atoms with van der Waals surface area (Å²) in [6.45, 7) is 1.73. The van der Waals surface area contributed by atoms with Crippen LogP contribution in [0.15, 0.2) is 39.6 Å². The van der Waals surface area contributed by atoms with Gasteiger partial charge in [-0.05, 0) is 49.2 Å². The van der Waals surface area contributed by atoms with Gasteiger partial charge >= 0.3 is 0 Å². The number of ketones is 1. The molecule has 3 aromatic rings. The molecule has 0 unspecified atom stereocenters. The van der Waals surface area contributed by atoms with Crippen LogP contribution in [0.4, 0.5) is 5.69 Å². The molecule has 1 aliphatic rings. The maximum absolute atomic E-state index is 12.7. The predicted octanol–water partition coefficient (Wildman–Crippen LogP) is 5.37. The molecule has 1 N–H and O–H groups in total. The monoisotopic (exact) mass is 423 g/mol. The van der Waals surface area contributed by atoms with Gasteiger partial charge in [-0.2, -0.15) is 0 Å². The Balaban J connectivity index is 1.79. The fourth-order valence-electron chi connectivity index (χ4n) is 3.28. The van der Waals surface area contributed by atoms with Crippen LogP contribution in [-0.4, -0.2) is 14.2 Å². The summed E-state index contributed by atoms with van der Waals surface area (Å²) in [4.78, 5) is 12.4. The lowest BCUT2D eigenvalue weighted by molar-refractivity contribution is 0.0971. The summed E-state index contributed by atoms with van der Waals surface area (Å²) in [7, 11) is -3.84. The molecule has 5 nitrogen and oxygen atoms in total. The van der Waals surface area contributed by atoms with Crippen molar-refractivity contribution in [1.82, 2.24) is 0 Å². The Bertz CT molecular complexity index is 1200. The van der Waals surface area contributed by atoms with Gasteiger partial charge in [-0.25, -0.2) is 8.42 Å². The molecule has 140 valence electrons. The number of furan rings is 1. The molecule has 0 aliphatic heterocycles. The minimum Gasteiger partial charge on any atom is -0.459 e. The van der Waals surface area contributed by atoms with E-state index in [9.17, 15) is 13.2 Å². The van der Waals surface area contributed by atoms with E-state index in [-0.39, 0.29) is 21.4 Å². The number of sulfonamides is 1. The smallest absolute Gasteiger partial charge is 0.261 e. The lowest BCUT2D eigenvalue weighted by Gasteiger charge is -2.11. The fraction of sp³-hybridized carbons (Fsp3) is 0.211. The molecule has 1 aliphatic carbocycles. The molecule has 1 aromatic heterocycles. The van der Waals surface area contributed by atoms with E-state index >= 15 is 0 Å². The molecule has 0 saturated heterocycles. The van der Waals surface area contributed by atoms with E-state index < -0.39 is 10.0 Å². The number of aryl methyl sites for hydroxylation is 2. The molecule has 1 heterocycles. The second kappa shape index (κ2) is 6.55. The van der Waals surface area contributed by atoms with E-state index in [1.54, 1.807) is 13.0 Å². The molecule has 0 bridgehead atoms. The lowest BCUT2D eigenvalue weighted by atomic mass is 9.94. The molecule has 0 amide bonds. The van der Waals surface area contributed by atoms with Gasteiger partial charge in [0.05, 0.1) is 21.2 Å². The van der Waals surface area contributed by atoms with Crippen molar-refractivity contribution in [3.05, 3.63) is 57.3 Å². The normalized spacial score (nSPS) is 14.4. The third kappa shape index (κ3) is 3.22. The van der Waals surface area contributed by atoms with Gasteiger partial charge in [-0.3, -0.25) is 9.52 Å². The van der Waals surface area contributed by atoms with Crippen LogP contribution in [0.5, 0.6) is 0 Å². The number of Topliss-reactive ketones (excluding diaryl/α,β-unsaturated/α-hetero) is 1. The molecule has 0 spiro atoms. The minimum absolute atomic E-state index is 0.0144. The average Bonchev–Trinajstić information content (AvgIpc) is 2.97. The maximum atomic E-state index is 12.7. The van der Waals surface area contributed by atoms with Crippen molar-refractivity contribution in [2.75, 3.05) is 4.72 Å². The number of anilines is 1. The van der Waals surface area contributed by atoms with Gasteiger partial charge in [0, 0.05) is 23.3 Å². The Kier molecular flexibility index (Phi) is 4.45. The summed E-state index contributed by atoms with van der Waals surface area (Å²) < 4.78 is 33.7. The van der Waals surface area contributed by atoms with Crippen molar-refractivity contribution in [3.8, 4) is 0 Å². The number of hydrogen-bond acceptors (Lipinski definition) is 4. The van der Waals surface area contributed by atoms with Gasteiger partial charge in [0.25, 0.3) is 10.0 Å². The van der Waals surface area contributed by atoms with Crippen LogP contribution in [0.25, 0.3) is 11.0 Å². The SMILES string of the molecule is Cc1cc(S(=O)(=O)Nc2cc(Cl)c3oc4c(c3c2)C(=O)CCC4)ccc1Cl. The van der Waals surface area contributed by atoms with E-state index in [1.807, 2.05) is 0 Å². The highest BCUT2D eigenvalue weighted by atomic mass is 35.5. The van der Waals surface area contributed by atoms with Crippen molar-refractivity contribution < 1.29 is 17.6 Å². The van der Waals surface area contributed by atoms with Crippen LogP contribution in [0.3, 0.4) is 0 Å². The van der Waals surface area contributed by atoms with Crippen LogP contribution >= 0.6 is 23.2 Å². The Labute approximate surface area is 166 Å². The van der Waals surface area contributed by atoms with Crippen LogP contribution in [0.2, 0.25) is 10.0 Å². The van der Waals surface area contributed by atoms with Crippen LogP contribution in [0.1, 0.15) is 34.5 Å². The van der Waals surface area contributed by atoms with Crippen molar-refractivity contribution in [3.63, 3.8) is 0 Å². The first-order valence-corrected chi connectivity index (χ1v) is 10.6. The third-order valence-electron chi connectivity index (χ3n) is 4.60. The third-order valence-corrected chi connectivity index (χ3v) is 6.68. The number of carbonyl (C=O) groups excluding carboxylic acids is 1. The first-order valence-electron chi connectivity index (χ1n) is 8.33. The summed E-state index contributed by atoms with van der Waals surface area (Å²) in [5, 5.41) is 1.27. The zero-order valence-electron chi connectivity index (χ0n) is 14.3. The summed E-state index contributed by atoms with van der Waals surface area (Å²) >= 11 is 12.3. The molecule has 0 saturated carbocycles. The second-order valence-electron chi connectivity index (χ2n) is 6.53. The first kappa shape index (κ1) is 18.3. The quantitative estimate of drug-likeness (QED) is 0.614. The van der Waals surface area contributed by atoms with Gasteiger partial charge in [0.1, 0.15) is 5.76 Å². The second-order valence-corrected chi connectivity index (χ2v) is 9.03. The molecule has 4 rings (SSSR count). The fourth-order valence-corrected chi connectivity index (χ4v) is 4.78. The van der Waals surface area contributed by atoms with E-state index in [0.29, 0.717) is 45.7 Å². The number of rotatable bonds is 3. The Morgan fingerprint density at radius 3 is 2.59 bits per heavy atom. The van der Waals surface area contributed by atoms with E-state index in [4.69, 9.17) is 27.6 Å². The predicted molar refractivity (Wildman–Crippen MR) is 105 cm³/mol. The molecule has 0 atom stereocenters. The van der Waals surface area contributed by atoms with Crippen molar-refractivity contribution in [2.24, 2.45) is 0 Å². The first-order chi connectivity index (χ1) is 12.8. The van der Waals surface area contributed by atoms with Gasteiger partial charge in [-0.1, -0.05) is 23.2 Å². The number of halogens is 2.